The number of esters is 2. The molecule has 0 radical (unpaired) electrons. The van der Waals surface area contributed by atoms with Gasteiger partial charge in [0.25, 0.3) is 0 Å². The molecular weight excluding hydrogens is 256 g/mol. The van der Waals surface area contributed by atoms with E-state index in [1.807, 2.05) is 33.8 Å². The Morgan fingerprint density at radius 2 is 1.85 bits per heavy atom. The summed E-state index contributed by atoms with van der Waals surface area (Å²) in [6.45, 7) is 9.38. The maximum atomic E-state index is 11.9. The first-order chi connectivity index (χ1) is 9.23. The second kappa shape index (κ2) is 6.55. The molecule has 0 saturated heterocycles. The molecular formula is C16H22O4. The third-order valence-electron chi connectivity index (χ3n) is 2.52. The summed E-state index contributed by atoms with van der Waals surface area (Å²) in [6.07, 6.45) is 0.0612. The van der Waals surface area contributed by atoms with Crippen molar-refractivity contribution in [3.8, 4) is 0 Å². The minimum Gasteiger partial charge on any atom is -0.462 e. The molecule has 110 valence electrons. The first kappa shape index (κ1) is 16.2. The first-order valence-corrected chi connectivity index (χ1v) is 6.71. The fraction of sp³-hybridized carbons (Fsp3) is 0.500. The van der Waals surface area contributed by atoms with E-state index < -0.39 is 11.6 Å². The van der Waals surface area contributed by atoms with Crippen LogP contribution in [0.25, 0.3) is 0 Å². The molecule has 0 fully saturated rings. The van der Waals surface area contributed by atoms with Gasteiger partial charge in [-0.05, 0) is 46.2 Å². The van der Waals surface area contributed by atoms with Crippen LogP contribution in [0.2, 0.25) is 0 Å². The van der Waals surface area contributed by atoms with Gasteiger partial charge in [0.1, 0.15) is 5.60 Å². The number of hydrogen-bond acceptors (Lipinski definition) is 4. The number of carbonyl (C=O) groups excluding carboxylic acids is 2. The lowest BCUT2D eigenvalue weighted by Gasteiger charge is -2.20. The summed E-state index contributed by atoms with van der Waals surface area (Å²) in [5.74, 6) is -0.762. The molecule has 0 aliphatic carbocycles. The van der Waals surface area contributed by atoms with Crippen LogP contribution < -0.4 is 0 Å². The van der Waals surface area contributed by atoms with Gasteiger partial charge in [0.15, 0.2) is 0 Å². The molecule has 1 rings (SSSR count). The minimum absolute atomic E-state index is 0.0612. The van der Waals surface area contributed by atoms with Crippen LogP contribution in [-0.2, 0) is 20.7 Å². The molecule has 0 heterocycles. The summed E-state index contributed by atoms with van der Waals surface area (Å²) in [4.78, 5) is 23.8. The van der Waals surface area contributed by atoms with E-state index >= 15 is 0 Å². The fourth-order valence-electron chi connectivity index (χ4n) is 1.78. The van der Waals surface area contributed by atoms with Gasteiger partial charge >= 0.3 is 11.9 Å². The number of carbonyl (C=O) groups is 2. The van der Waals surface area contributed by atoms with Crippen LogP contribution in [-0.4, -0.2) is 24.1 Å². The van der Waals surface area contributed by atoms with Gasteiger partial charge in [-0.15, -0.1) is 0 Å². The molecule has 0 atom stereocenters. The molecule has 0 aromatic heterocycles. The average molecular weight is 278 g/mol. The van der Waals surface area contributed by atoms with Crippen LogP contribution in [0, 0.1) is 6.92 Å². The number of benzene rings is 1. The van der Waals surface area contributed by atoms with Gasteiger partial charge in [-0.2, -0.15) is 0 Å². The normalized spacial score (nSPS) is 11.1. The lowest BCUT2D eigenvalue weighted by Crippen LogP contribution is -2.25. The summed E-state index contributed by atoms with van der Waals surface area (Å²) >= 11 is 0. The van der Waals surface area contributed by atoms with Gasteiger partial charge in [0.2, 0.25) is 0 Å². The average Bonchev–Trinajstić information content (AvgIpc) is 2.29. The second-order valence-corrected chi connectivity index (χ2v) is 5.64. The van der Waals surface area contributed by atoms with Crippen molar-refractivity contribution in [1.29, 1.82) is 0 Å². The van der Waals surface area contributed by atoms with Crippen LogP contribution in [0.3, 0.4) is 0 Å². The van der Waals surface area contributed by atoms with Crippen molar-refractivity contribution in [1.82, 2.24) is 0 Å². The van der Waals surface area contributed by atoms with Crippen molar-refractivity contribution in [3.63, 3.8) is 0 Å². The van der Waals surface area contributed by atoms with Crippen LogP contribution >= 0.6 is 0 Å². The first-order valence-electron chi connectivity index (χ1n) is 6.71. The van der Waals surface area contributed by atoms with Crippen LogP contribution in [0.4, 0.5) is 0 Å². The molecule has 4 heteroatoms. The Bertz CT molecular complexity index is 498. The lowest BCUT2D eigenvalue weighted by molar-refractivity contribution is -0.153. The zero-order valence-electron chi connectivity index (χ0n) is 12.8. The summed E-state index contributed by atoms with van der Waals surface area (Å²) in [6, 6.07) is 5.37. The van der Waals surface area contributed by atoms with Crippen molar-refractivity contribution < 1.29 is 19.1 Å². The number of aryl methyl sites for hydroxylation is 1. The van der Waals surface area contributed by atoms with E-state index in [-0.39, 0.29) is 12.4 Å². The van der Waals surface area contributed by atoms with Crippen molar-refractivity contribution in [3.05, 3.63) is 34.9 Å². The molecule has 0 amide bonds. The van der Waals surface area contributed by atoms with Crippen LogP contribution in [0.15, 0.2) is 18.2 Å². The molecule has 0 unspecified atom stereocenters. The molecule has 0 aliphatic rings. The van der Waals surface area contributed by atoms with Crippen molar-refractivity contribution in [2.24, 2.45) is 0 Å². The summed E-state index contributed by atoms with van der Waals surface area (Å²) < 4.78 is 10.3. The lowest BCUT2D eigenvalue weighted by atomic mass is 10.0. The van der Waals surface area contributed by atoms with E-state index in [0.717, 1.165) is 5.56 Å². The highest BCUT2D eigenvalue weighted by atomic mass is 16.6. The monoisotopic (exact) mass is 278 g/mol. The predicted octanol–water partition coefficient (Wildman–Crippen LogP) is 3.06. The maximum absolute atomic E-state index is 11.9. The molecule has 0 bridgehead atoms. The van der Waals surface area contributed by atoms with E-state index in [2.05, 4.69) is 0 Å². The van der Waals surface area contributed by atoms with E-state index in [1.165, 1.54) is 0 Å². The minimum atomic E-state index is -0.536. The Hall–Kier alpha value is -1.84. The number of hydrogen-bond donors (Lipinski definition) is 0. The Morgan fingerprint density at radius 3 is 2.40 bits per heavy atom. The highest BCUT2D eigenvalue weighted by Crippen LogP contribution is 2.16. The highest BCUT2D eigenvalue weighted by Gasteiger charge is 2.20. The van der Waals surface area contributed by atoms with Gasteiger partial charge in [-0.3, -0.25) is 4.79 Å². The van der Waals surface area contributed by atoms with Gasteiger partial charge in [-0.1, -0.05) is 17.7 Å². The van der Waals surface area contributed by atoms with Gasteiger partial charge in [-0.25, -0.2) is 4.79 Å². The summed E-state index contributed by atoms with van der Waals surface area (Å²) in [7, 11) is 0. The molecule has 0 saturated carbocycles. The zero-order valence-corrected chi connectivity index (χ0v) is 12.8. The Balaban J connectivity index is 2.94. The zero-order chi connectivity index (χ0) is 15.3. The third kappa shape index (κ3) is 5.03. The van der Waals surface area contributed by atoms with E-state index in [4.69, 9.17) is 9.47 Å². The van der Waals surface area contributed by atoms with E-state index in [9.17, 15) is 9.59 Å². The van der Waals surface area contributed by atoms with E-state index in [0.29, 0.717) is 17.7 Å². The summed E-state index contributed by atoms with van der Waals surface area (Å²) in [5, 5.41) is 0. The SMILES string of the molecule is CCOC(=O)c1cc(C)ccc1CC(=O)OC(C)(C)C. The Morgan fingerprint density at radius 1 is 1.20 bits per heavy atom. The molecule has 1 aromatic carbocycles. The molecule has 4 nitrogen and oxygen atoms in total. The maximum Gasteiger partial charge on any atom is 0.338 e. The number of rotatable bonds is 4. The third-order valence-corrected chi connectivity index (χ3v) is 2.52. The molecule has 0 N–H and O–H groups in total. The van der Waals surface area contributed by atoms with Crippen molar-refractivity contribution in [2.45, 2.75) is 46.6 Å². The van der Waals surface area contributed by atoms with Crippen LogP contribution in [0.5, 0.6) is 0 Å². The van der Waals surface area contributed by atoms with Crippen LogP contribution in [0.1, 0.15) is 49.2 Å². The van der Waals surface area contributed by atoms with Gasteiger partial charge in [0, 0.05) is 0 Å². The molecule has 0 spiro atoms. The van der Waals surface area contributed by atoms with Crippen molar-refractivity contribution in [2.75, 3.05) is 6.61 Å². The topological polar surface area (TPSA) is 52.6 Å². The van der Waals surface area contributed by atoms with E-state index in [1.54, 1.807) is 19.1 Å². The molecule has 1 aromatic rings. The number of ether oxygens (including phenoxy) is 2. The summed E-state index contributed by atoms with van der Waals surface area (Å²) in [5.41, 5.74) is 1.47. The largest absolute Gasteiger partial charge is 0.462 e. The molecule has 20 heavy (non-hydrogen) atoms. The molecule has 0 aliphatic heterocycles. The van der Waals surface area contributed by atoms with Gasteiger partial charge in [0.05, 0.1) is 18.6 Å². The highest BCUT2D eigenvalue weighted by molar-refractivity contribution is 5.92. The predicted molar refractivity (Wildman–Crippen MR) is 76.7 cm³/mol. The quantitative estimate of drug-likeness (QED) is 0.794. The fourth-order valence-corrected chi connectivity index (χ4v) is 1.78. The smallest absolute Gasteiger partial charge is 0.338 e. The second-order valence-electron chi connectivity index (χ2n) is 5.64. The Kier molecular flexibility index (Phi) is 5.31. The van der Waals surface area contributed by atoms with Gasteiger partial charge < -0.3 is 9.47 Å². The van der Waals surface area contributed by atoms with Crippen molar-refractivity contribution >= 4 is 11.9 Å². The standard InChI is InChI=1S/C16H22O4/c1-6-19-15(18)13-9-11(2)7-8-12(13)10-14(17)20-16(3,4)5/h7-9H,6,10H2,1-5H3. The Labute approximate surface area is 120 Å².